The van der Waals surface area contributed by atoms with Crippen molar-refractivity contribution >= 4 is 11.5 Å². The standard InChI is InChI=1S/C26H28N6/c1-2-21-24(18-12-19-9-10-20(13-18)30-19)31-26-22(15-29-32(26)25(21)27)17-8-11-23(28-14-17)16-6-4-3-5-7-16/h3-8,11,14-15,18-20,30H,2,9-10,12-13,27H2,1H3/t18?,19-,20+. The van der Waals surface area contributed by atoms with Crippen LogP contribution in [-0.2, 0) is 6.42 Å². The highest BCUT2D eigenvalue weighted by Gasteiger charge is 2.36. The van der Waals surface area contributed by atoms with Gasteiger partial charge in [0.1, 0.15) is 5.82 Å². The van der Waals surface area contributed by atoms with Gasteiger partial charge < -0.3 is 11.1 Å². The van der Waals surface area contributed by atoms with Crippen molar-refractivity contribution in [2.24, 2.45) is 0 Å². The lowest BCUT2D eigenvalue weighted by molar-refractivity contribution is 0.358. The zero-order valence-corrected chi connectivity index (χ0v) is 18.3. The number of hydrogen-bond acceptors (Lipinski definition) is 5. The third-order valence-electron chi connectivity index (χ3n) is 7.17. The first-order valence-electron chi connectivity index (χ1n) is 11.6. The fourth-order valence-corrected chi connectivity index (χ4v) is 5.58. The number of anilines is 1. The van der Waals surface area contributed by atoms with Crippen molar-refractivity contribution in [2.75, 3.05) is 5.73 Å². The lowest BCUT2D eigenvalue weighted by atomic mass is 9.86. The first-order chi connectivity index (χ1) is 15.7. The Morgan fingerprint density at radius 2 is 1.78 bits per heavy atom. The van der Waals surface area contributed by atoms with Gasteiger partial charge in [-0.05, 0) is 38.2 Å². The molecule has 1 unspecified atom stereocenters. The van der Waals surface area contributed by atoms with Gasteiger partial charge in [0.15, 0.2) is 5.65 Å². The third kappa shape index (κ3) is 3.17. The number of piperidine rings is 1. The predicted molar refractivity (Wildman–Crippen MR) is 127 cm³/mol. The minimum atomic E-state index is 0.456. The average molecular weight is 425 g/mol. The van der Waals surface area contributed by atoms with E-state index in [1.165, 1.54) is 18.5 Å². The fourth-order valence-electron chi connectivity index (χ4n) is 5.58. The largest absolute Gasteiger partial charge is 0.383 e. The fraction of sp³-hybridized carbons (Fsp3) is 0.346. The van der Waals surface area contributed by atoms with Crippen molar-refractivity contribution in [1.29, 1.82) is 0 Å². The summed E-state index contributed by atoms with van der Waals surface area (Å²) in [6.45, 7) is 2.16. The van der Waals surface area contributed by atoms with Gasteiger partial charge in [0.2, 0.25) is 0 Å². The van der Waals surface area contributed by atoms with Crippen LogP contribution in [0.1, 0.15) is 49.8 Å². The molecule has 2 fully saturated rings. The molecule has 4 aromatic rings. The number of pyridine rings is 1. The number of benzene rings is 1. The number of nitrogens with two attached hydrogens (primary N) is 1. The molecule has 1 aromatic carbocycles. The molecule has 0 saturated carbocycles. The summed E-state index contributed by atoms with van der Waals surface area (Å²) in [5.74, 6) is 1.18. The Balaban J connectivity index is 1.43. The van der Waals surface area contributed by atoms with Gasteiger partial charge in [0, 0.05) is 46.5 Å². The van der Waals surface area contributed by atoms with E-state index in [4.69, 9.17) is 15.7 Å². The first kappa shape index (κ1) is 19.4. The third-order valence-corrected chi connectivity index (χ3v) is 7.17. The van der Waals surface area contributed by atoms with E-state index in [0.29, 0.717) is 18.0 Å². The smallest absolute Gasteiger partial charge is 0.165 e. The van der Waals surface area contributed by atoms with E-state index in [9.17, 15) is 0 Å². The molecule has 5 heterocycles. The van der Waals surface area contributed by atoms with Crippen LogP contribution in [0.25, 0.3) is 28.0 Å². The molecule has 0 amide bonds. The van der Waals surface area contributed by atoms with Crippen LogP contribution in [0.5, 0.6) is 0 Å². The van der Waals surface area contributed by atoms with Gasteiger partial charge in [0.05, 0.1) is 17.6 Å². The summed E-state index contributed by atoms with van der Waals surface area (Å²) in [4.78, 5) is 9.91. The second-order valence-electron chi connectivity index (χ2n) is 9.11. The lowest BCUT2D eigenvalue weighted by Gasteiger charge is -2.30. The minimum Gasteiger partial charge on any atom is -0.383 e. The maximum absolute atomic E-state index is 6.64. The van der Waals surface area contributed by atoms with Gasteiger partial charge in [-0.3, -0.25) is 4.98 Å². The van der Waals surface area contributed by atoms with E-state index in [1.54, 1.807) is 4.52 Å². The number of hydrogen-bond donors (Lipinski definition) is 2. The molecule has 3 aromatic heterocycles. The van der Waals surface area contributed by atoms with E-state index < -0.39 is 0 Å². The maximum Gasteiger partial charge on any atom is 0.165 e. The lowest BCUT2D eigenvalue weighted by Crippen LogP contribution is -2.37. The molecule has 3 atom stereocenters. The molecule has 6 nitrogen and oxygen atoms in total. The number of fused-ring (bicyclic) bond motifs is 3. The summed E-state index contributed by atoms with van der Waals surface area (Å²) in [7, 11) is 0. The van der Waals surface area contributed by atoms with E-state index in [-0.39, 0.29) is 0 Å². The highest BCUT2D eigenvalue weighted by molar-refractivity contribution is 5.79. The summed E-state index contributed by atoms with van der Waals surface area (Å²) < 4.78 is 1.80. The van der Waals surface area contributed by atoms with Crippen LogP contribution in [-0.4, -0.2) is 31.7 Å². The molecule has 2 aliphatic heterocycles. The molecule has 2 aliphatic rings. The molecular weight excluding hydrogens is 396 g/mol. The Kier molecular flexibility index (Phi) is 4.68. The summed E-state index contributed by atoms with van der Waals surface area (Å²) in [6.07, 6.45) is 9.48. The first-order valence-corrected chi connectivity index (χ1v) is 11.6. The Bertz CT molecular complexity index is 1250. The number of nitrogens with one attached hydrogen (secondary N) is 1. The number of aromatic nitrogens is 4. The molecule has 0 spiro atoms. The van der Waals surface area contributed by atoms with Crippen molar-refractivity contribution in [1.82, 2.24) is 24.9 Å². The molecule has 32 heavy (non-hydrogen) atoms. The average Bonchev–Trinajstić information content (AvgIpc) is 3.42. The van der Waals surface area contributed by atoms with Crippen LogP contribution < -0.4 is 11.1 Å². The topological polar surface area (TPSA) is 81.1 Å². The molecule has 162 valence electrons. The van der Waals surface area contributed by atoms with Crippen molar-refractivity contribution in [3.63, 3.8) is 0 Å². The molecule has 0 radical (unpaired) electrons. The number of nitrogen functional groups attached to an aromatic ring is 1. The van der Waals surface area contributed by atoms with E-state index in [2.05, 4.69) is 41.6 Å². The minimum absolute atomic E-state index is 0.456. The molecule has 2 saturated heterocycles. The predicted octanol–water partition coefficient (Wildman–Crippen LogP) is 4.60. The Morgan fingerprint density at radius 3 is 2.47 bits per heavy atom. The van der Waals surface area contributed by atoms with Gasteiger partial charge in [-0.1, -0.05) is 43.3 Å². The molecular formula is C26H28N6. The highest BCUT2D eigenvalue weighted by atomic mass is 15.3. The van der Waals surface area contributed by atoms with E-state index in [0.717, 1.165) is 58.7 Å². The summed E-state index contributed by atoms with van der Waals surface area (Å²) in [6, 6.07) is 15.6. The summed E-state index contributed by atoms with van der Waals surface area (Å²) >= 11 is 0. The van der Waals surface area contributed by atoms with Crippen LogP contribution in [0.4, 0.5) is 5.82 Å². The molecule has 6 rings (SSSR count). The van der Waals surface area contributed by atoms with Gasteiger partial charge in [-0.2, -0.15) is 9.61 Å². The Morgan fingerprint density at radius 1 is 1.00 bits per heavy atom. The van der Waals surface area contributed by atoms with Crippen molar-refractivity contribution in [3.8, 4) is 22.4 Å². The van der Waals surface area contributed by atoms with Gasteiger partial charge in [-0.15, -0.1) is 0 Å². The Hall–Kier alpha value is -3.25. The second-order valence-corrected chi connectivity index (χ2v) is 9.11. The normalized spacial score (nSPS) is 22.5. The second kappa shape index (κ2) is 7.71. The maximum atomic E-state index is 6.64. The van der Waals surface area contributed by atoms with Crippen LogP contribution in [0.15, 0.2) is 54.9 Å². The number of rotatable bonds is 4. The number of nitrogens with zero attached hydrogens (tertiary/aromatic N) is 4. The van der Waals surface area contributed by atoms with E-state index in [1.807, 2.05) is 30.6 Å². The van der Waals surface area contributed by atoms with Crippen LogP contribution in [0.3, 0.4) is 0 Å². The summed E-state index contributed by atoms with van der Waals surface area (Å²) in [5.41, 5.74) is 13.8. The van der Waals surface area contributed by atoms with Crippen molar-refractivity contribution in [2.45, 2.75) is 57.0 Å². The molecule has 0 aliphatic carbocycles. The molecule has 3 N–H and O–H groups in total. The van der Waals surface area contributed by atoms with Crippen LogP contribution in [0.2, 0.25) is 0 Å². The zero-order valence-electron chi connectivity index (χ0n) is 18.3. The molecule has 6 heteroatoms. The van der Waals surface area contributed by atoms with Gasteiger partial charge in [-0.25, -0.2) is 4.98 Å². The van der Waals surface area contributed by atoms with Gasteiger partial charge in [0.25, 0.3) is 0 Å². The Labute approximate surface area is 187 Å². The molecule has 2 bridgehead atoms. The van der Waals surface area contributed by atoms with Crippen LogP contribution >= 0.6 is 0 Å². The van der Waals surface area contributed by atoms with Crippen LogP contribution in [0, 0.1) is 0 Å². The van der Waals surface area contributed by atoms with Crippen molar-refractivity contribution < 1.29 is 0 Å². The zero-order chi connectivity index (χ0) is 21.7. The summed E-state index contributed by atoms with van der Waals surface area (Å²) in [5, 5.41) is 8.35. The quantitative estimate of drug-likeness (QED) is 0.500. The monoisotopic (exact) mass is 424 g/mol. The SMILES string of the molecule is CCc1c(C2C[C@H]3CC[C@@H](C2)N3)nc2c(-c3ccc(-c4ccccc4)nc3)cnn2c1N. The highest BCUT2D eigenvalue weighted by Crippen LogP contribution is 2.40. The van der Waals surface area contributed by atoms with E-state index >= 15 is 0 Å². The van der Waals surface area contributed by atoms with Crippen molar-refractivity contribution in [3.05, 3.63) is 66.1 Å². The van der Waals surface area contributed by atoms with Gasteiger partial charge >= 0.3 is 0 Å².